The van der Waals surface area contributed by atoms with Gasteiger partial charge in [-0.25, -0.2) is 9.37 Å². The minimum Gasteiger partial charge on any atom is -0.352 e. The Kier molecular flexibility index (Phi) is 5.44. The van der Waals surface area contributed by atoms with Crippen molar-refractivity contribution in [3.63, 3.8) is 0 Å². The molecular weight excluding hydrogens is 351 g/mol. The van der Waals surface area contributed by atoms with Crippen molar-refractivity contribution in [3.05, 3.63) is 74.7 Å². The molecule has 3 rings (SSSR count). The first-order chi connectivity index (χ1) is 13.0. The zero-order chi connectivity index (χ0) is 19.4. The van der Waals surface area contributed by atoms with Gasteiger partial charge in [0, 0.05) is 32.3 Å². The van der Waals surface area contributed by atoms with Gasteiger partial charge in [-0.3, -0.25) is 19.0 Å². The van der Waals surface area contributed by atoms with Crippen LogP contribution in [-0.4, -0.2) is 20.0 Å². The molecule has 0 saturated carbocycles. The molecule has 0 unspecified atom stereocenters. The Hall–Kier alpha value is -3.29. The fraction of sp³-hybridized carbons (Fsp3) is 0.263. The van der Waals surface area contributed by atoms with E-state index in [1.165, 1.54) is 21.3 Å². The fourth-order valence-corrected chi connectivity index (χ4v) is 2.86. The summed E-state index contributed by atoms with van der Waals surface area (Å²) in [5.74, 6) is -0.616. The molecule has 3 aromatic rings. The van der Waals surface area contributed by atoms with E-state index in [0.29, 0.717) is 17.7 Å². The van der Waals surface area contributed by atoms with Crippen LogP contribution < -0.4 is 16.4 Å². The summed E-state index contributed by atoms with van der Waals surface area (Å²) in [6, 6.07) is 9.20. The maximum absolute atomic E-state index is 12.9. The van der Waals surface area contributed by atoms with E-state index in [4.69, 9.17) is 0 Å². The van der Waals surface area contributed by atoms with E-state index in [2.05, 4.69) is 10.3 Å². The van der Waals surface area contributed by atoms with Gasteiger partial charge in [0.1, 0.15) is 5.82 Å². The number of carbonyl (C=O) groups is 1. The summed E-state index contributed by atoms with van der Waals surface area (Å²) in [5.41, 5.74) is 0.354. The number of nitrogens with one attached hydrogen (secondary N) is 1. The lowest BCUT2D eigenvalue weighted by molar-refractivity contribution is -0.121. The molecule has 1 aromatic carbocycles. The molecule has 0 fully saturated rings. The Balaban J connectivity index is 1.76. The van der Waals surface area contributed by atoms with Gasteiger partial charge in [-0.15, -0.1) is 0 Å². The number of halogens is 1. The maximum atomic E-state index is 12.9. The first kappa shape index (κ1) is 18.5. The third-order valence-corrected chi connectivity index (χ3v) is 4.27. The Morgan fingerprint density at radius 2 is 1.81 bits per heavy atom. The van der Waals surface area contributed by atoms with Crippen LogP contribution in [0.5, 0.6) is 0 Å². The van der Waals surface area contributed by atoms with E-state index < -0.39 is 11.1 Å². The SMILES string of the molecule is CCn1c(=O)c(=O)n(CCC(=O)NCc2ccc(F)cc2)c2cccnc21. The van der Waals surface area contributed by atoms with Crippen LogP contribution in [0, 0.1) is 5.82 Å². The standard InChI is InChI=1S/C19H19FN4O3/c1-2-23-17-15(4-3-10-21-17)24(19(27)18(23)26)11-9-16(25)22-12-13-5-7-14(20)8-6-13/h3-8,10H,2,9,11-12H2,1H3,(H,22,25). The van der Waals surface area contributed by atoms with Crippen LogP contribution in [0.3, 0.4) is 0 Å². The normalized spacial score (nSPS) is 10.9. The molecule has 0 saturated heterocycles. The molecule has 1 amide bonds. The van der Waals surface area contributed by atoms with E-state index in [9.17, 15) is 18.8 Å². The summed E-state index contributed by atoms with van der Waals surface area (Å²) in [7, 11) is 0. The van der Waals surface area contributed by atoms with Gasteiger partial charge < -0.3 is 9.88 Å². The predicted molar refractivity (Wildman–Crippen MR) is 98.8 cm³/mol. The monoisotopic (exact) mass is 370 g/mol. The lowest BCUT2D eigenvalue weighted by Gasteiger charge is -2.13. The molecule has 0 aliphatic carbocycles. The molecule has 8 heteroatoms. The van der Waals surface area contributed by atoms with Crippen LogP contribution in [0.1, 0.15) is 18.9 Å². The van der Waals surface area contributed by atoms with E-state index >= 15 is 0 Å². The van der Waals surface area contributed by atoms with Crippen molar-refractivity contribution in [1.82, 2.24) is 19.4 Å². The van der Waals surface area contributed by atoms with E-state index in [0.717, 1.165) is 5.56 Å². The Morgan fingerprint density at radius 1 is 1.11 bits per heavy atom. The second kappa shape index (κ2) is 7.94. The highest BCUT2D eigenvalue weighted by atomic mass is 19.1. The average molecular weight is 370 g/mol. The summed E-state index contributed by atoms with van der Waals surface area (Å²) < 4.78 is 15.5. The van der Waals surface area contributed by atoms with Gasteiger partial charge in [0.25, 0.3) is 0 Å². The molecule has 0 spiro atoms. The number of aryl methyl sites for hydroxylation is 2. The number of aromatic nitrogens is 3. The number of rotatable bonds is 6. The van der Waals surface area contributed by atoms with Crippen molar-refractivity contribution in [3.8, 4) is 0 Å². The first-order valence-electron chi connectivity index (χ1n) is 8.60. The van der Waals surface area contributed by atoms with Gasteiger partial charge in [-0.2, -0.15) is 0 Å². The summed E-state index contributed by atoms with van der Waals surface area (Å²) in [6.45, 7) is 2.42. The highest BCUT2D eigenvalue weighted by Gasteiger charge is 2.13. The lowest BCUT2D eigenvalue weighted by atomic mass is 10.2. The number of fused-ring (bicyclic) bond motifs is 1. The van der Waals surface area contributed by atoms with Gasteiger partial charge in [0.05, 0.1) is 5.52 Å². The van der Waals surface area contributed by atoms with E-state index in [1.54, 1.807) is 37.4 Å². The number of hydrogen-bond acceptors (Lipinski definition) is 4. The molecule has 140 valence electrons. The lowest BCUT2D eigenvalue weighted by Crippen LogP contribution is -2.42. The molecule has 0 aliphatic heterocycles. The zero-order valence-corrected chi connectivity index (χ0v) is 14.8. The number of hydrogen-bond donors (Lipinski definition) is 1. The summed E-state index contributed by atoms with van der Waals surface area (Å²) in [6.07, 6.45) is 1.58. The maximum Gasteiger partial charge on any atom is 0.318 e. The van der Waals surface area contributed by atoms with Gasteiger partial charge in [0.2, 0.25) is 5.91 Å². The third kappa shape index (κ3) is 3.94. The van der Waals surface area contributed by atoms with Crippen molar-refractivity contribution in [2.45, 2.75) is 33.0 Å². The number of nitrogens with zero attached hydrogens (tertiary/aromatic N) is 3. The number of carbonyl (C=O) groups excluding carboxylic acids is 1. The Morgan fingerprint density at radius 3 is 2.52 bits per heavy atom. The second-order valence-electron chi connectivity index (χ2n) is 6.01. The molecule has 0 atom stereocenters. The summed E-state index contributed by atoms with van der Waals surface area (Å²) in [5, 5.41) is 2.72. The molecular formula is C19H19FN4O3. The minimum absolute atomic E-state index is 0.0284. The Bertz CT molecular complexity index is 1090. The topological polar surface area (TPSA) is 86.0 Å². The van der Waals surface area contributed by atoms with E-state index in [-0.39, 0.29) is 31.2 Å². The number of benzene rings is 1. The molecule has 7 nitrogen and oxygen atoms in total. The van der Waals surface area contributed by atoms with Gasteiger partial charge >= 0.3 is 11.1 Å². The van der Waals surface area contributed by atoms with Crippen LogP contribution in [0.4, 0.5) is 4.39 Å². The first-order valence-corrected chi connectivity index (χ1v) is 8.60. The fourth-order valence-electron chi connectivity index (χ4n) is 2.86. The molecule has 1 N–H and O–H groups in total. The highest BCUT2D eigenvalue weighted by molar-refractivity contribution is 5.76. The minimum atomic E-state index is -0.677. The predicted octanol–water partition coefficient (Wildman–Crippen LogP) is 1.42. The van der Waals surface area contributed by atoms with Crippen molar-refractivity contribution in [2.24, 2.45) is 0 Å². The van der Waals surface area contributed by atoms with Crippen LogP contribution in [0.15, 0.2) is 52.2 Å². The molecule has 2 aromatic heterocycles. The van der Waals surface area contributed by atoms with Crippen LogP contribution in [0.25, 0.3) is 11.2 Å². The van der Waals surface area contributed by atoms with Crippen LogP contribution in [-0.2, 0) is 24.4 Å². The molecule has 27 heavy (non-hydrogen) atoms. The van der Waals surface area contributed by atoms with Crippen LogP contribution in [0.2, 0.25) is 0 Å². The molecule has 0 radical (unpaired) electrons. The summed E-state index contributed by atoms with van der Waals surface area (Å²) >= 11 is 0. The van der Waals surface area contributed by atoms with Crippen molar-refractivity contribution >= 4 is 17.1 Å². The quantitative estimate of drug-likeness (QED) is 0.665. The second-order valence-corrected chi connectivity index (χ2v) is 6.01. The van der Waals surface area contributed by atoms with Gasteiger partial charge in [0.15, 0.2) is 5.65 Å². The van der Waals surface area contributed by atoms with Crippen molar-refractivity contribution < 1.29 is 9.18 Å². The average Bonchev–Trinajstić information content (AvgIpc) is 2.68. The van der Waals surface area contributed by atoms with Crippen molar-refractivity contribution in [1.29, 1.82) is 0 Å². The third-order valence-electron chi connectivity index (χ3n) is 4.27. The number of amides is 1. The molecule has 0 aliphatic rings. The van der Waals surface area contributed by atoms with Crippen molar-refractivity contribution in [2.75, 3.05) is 0 Å². The van der Waals surface area contributed by atoms with Crippen LogP contribution >= 0.6 is 0 Å². The molecule has 0 bridgehead atoms. The Labute approximate surface area is 154 Å². The summed E-state index contributed by atoms with van der Waals surface area (Å²) in [4.78, 5) is 41.0. The largest absolute Gasteiger partial charge is 0.352 e. The molecule has 2 heterocycles. The van der Waals surface area contributed by atoms with Gasteiger partial charge in [-0.05, 0) is 36.8 Å². The van der Waals surface area contributed by atoms with E-state index in [1.807, 2.05) is 0 Å². The smallest absolute Gasteiger partial charge is 0.318 e. The highest BCUT2D eigenvalue weighted by Crippen LogP contribution is 2.08. The number of pyridine rings is 1. The van der Waals surface area contributed by atoms with Gasteiger partial charge in [-0.1, -0.05) is 12.1 Å². The zero-order valence-electron chi connectivity index (χ0n) is 14.8.